The molecular formula is C16H24Cl2N2O2. The number of hydrogen-bond donors (Lipinski definition) is 2. The predicted molar refractivity (Wildman–Crippen MR) is 90.4 cm³/mol. The third-order valence-electron chi connectivity index (χ3n) is 4.24. The molecule has 0 aromatic heterocycles. The van der Waals surface area contributed by atoms with Gasteiger partial charge in [-0.2, -0.15) is 0 Å². The van der Waals surface area contributed by atoms with Crippen molar-refractivity contribution in [3.05, 3.63) is 33.8 Å². The lowest BCUT2D eigenvalue weighted by molar-refractivity contribution is 0.160. The predicted octanol–water partition coefficient (Wildman–Crippen LogP) is 1.96. The van der Waals surface area contributed by atoms with Gasteiger partial charge in [0.15, 0.2) is 0 Å². The Labute approximate surface area is 142 Å². The van der Waals surface area contributed by atoms with E-state index < -0.39 is 0 Å². The molecule has 6 heteroatoms. The number of rotatable bonds is 7. The van der Waals surface area contributed by atoms with E-state index in [1.807, 2.05) is 19.2 Å². The van der Waals surface area contributed by atoms with E-state index in [1.54, 1.807) is 6.07 Å². The van der Waals surface area contributed by atoms with Gasteiger partial charge < -0.3 is 15.1 Å². The number of likely N-dealkylation sites (N-methyl/N-ethyl adjacent to an activating group) is 1. The van der Waals surface area contributed by atoms with Gasteiger partial charge in [-0.3, -0.25) is 4.90 Å². The number of halogens is 2. The Hall–Kier alpha value is -0.360. The molecular weight excluding hydrogens is 323 g/mol. The van der Waals surface area contributed by atoms with Crippen LogP contribution in [0.15, 0.2) is 18.2 Å². The second-order valence-corrected chi connectivity index (χ2v) is 7.03. The largest absolute Gasteiger partial charge is 0.396 e. The van der Waals surface area contributed by atoms with E-state index in [9.17, 15) is 5.11 Å². The normalized spacial score (nSPS) is 22.6. The Morgan fingerprint density at radius 2 is 1.77 bits per heavy atom. The van der Waals surface area contributed by atoms with Crippen LogP contribution in [0.2, 0.25) is 10.0 Å². The van der Waals surface area contributed by atoms with Crippen LogP contribution in [0.25, 0.3) is 0 Å². The Balaban J connectivity index is 1.96. The van der Waals surface area contributed by atoms with Gasteiger partial charge in [-0.15, -0.1) is 0 Å². The molecule has 4 nitrogen and oxygen atoms in total. The topological polar surface area (TPSA) is 46.9 Å². The zero-order chi connectivity index (χ0) is 16.1. The first-order chi connectivity index (χ1) is 10.5. The Kier molecular flexibility index (Phi) is 6.93. The van der Waals surface area contributed by atoms with Crippen molar-refractivity contribution in [2.24, 2.45) is 11.8 Å². The van der Waals surface area contributed by atoms with E-state index in [-0.39, 0.29) is 19.1 Å². The van der Waals surface area contributed by atoms with E-state index in [0.29, 0.717) is 22.5 Å². The molecule has 1 aliphatic heterocycles. The molecule has 1 heterocycles. The molecule has 2 rings (SSSR count). The van der Waals surface area contributed by atoms with Crippen molar-refractivity contribution in [2.45, 2.75) is 6.54 Å². The first kappa shape index (κ1) is 18.0. The maximum absolute atomic E-state index is 9.61. The minimum atomic E-state index is 0.164. The fraction of sp³-hybridized carbons (Fsp3) is 0.625. The number of likely N-dealkylation sites (tertiary alicyclic amines) is 1. The summed E-state index contributed by atoms with van der Waals surface area (Å²) < 4.78 is 0. The molecule has 124 valence electrons. The number of benzene rings is 1. The second-order valence-electron chi connectivity index (χ2n) is 6.16. The summed E-state index contributed by atoms with van der Waals surface area (Å²) in [7, 11) is 2.00. The van der Waals surface area contributed by atoms with Crippen molar-refractivity contribution in [1.29, 1.82) is 0 Å². The summed E-state index contributed by atoms with van der Waals surface area (Å²) >= 11 is 12.1. The molecule has 0 amide bonds. The lowest BCUT2D eigenvalue weighted by Gasteiger charge is -2.23. The Bertz CT molecular complexity index is 467. The van der Waals surface area contributed by atoms with Gasteiger partial charge in [-0.25, -0.2) is 0 Å². The SMILES string of the molecule is CN(CCO)C[C@@H]1CN(Cc2cc(Cl)cc(Cl)c2)C[C@@H]1CO. The highest BCUT2D eigenvalue weighted by Crippen LogP contribution is 2.27. The van der Waals surface area contributed by atoms with Gasteiger partial charge in [0.2, 0.25) is 0 Å². The minimum absolute atomic E-state index is 0.164. The molecule has 1 aromatic rings. The summed E-state index contributed by atoms with van der Waals surface area (Å²) in [5.74, 6) is 0.687. The molecule has 22 heavy (non-hydrogen) atoms. The first-order valence-corrected chi connectivity index (χ1v) is 8.35. The van der Waals surface area contributed by atoms with Crippen molar-refractivity contribution >= 4 is 23.2 Å². The molecule has 1 saturated heterocycles. The Morgan fingerprint density at radius 1 is 1.14 bits per heavy atom. The minimum Gasteiger partial charge on any atom is -0.396 e. The molecule has 0 unspecified atom stereocenters. The summed E-state index contributed by atoms with van der Waals surface area (Å²) in [5, 5.41) is 19.9. The highest BCUT2D eigenvalue weighted by atomic mass is 35.5. The summed E-state index contributed by atoms with van der Waals surface area (Å²) in [6.45, 7) is 4.51. The lowest BCUT2D eigenvalue weighted by atomic mass is 9.96. The second kappa shape index (κ2) is 8.48. The van der Waals surface area contributed by atoms with Gasteiger partial charge in [-0.1, -0.05) is 23.2 Å². The van der Waals surface area contributed by atoms with E-state index in [0.717, 1.165) is 31.7 Å². The average molecular weight is 347 g/mol. The summed E-state index contributed by atoms with van der Waals surface area (Å²) in [4.78, 5) is 4.45. The molecule has 2 atom stereocenters. The highest BCUT2D eigenvalue weighted by Gasteiger charge is 2.32. The van der Waals surface area contributed by atoms with Crippen LogP contribution in [-0.2, 0) is 6.54 Å². The number of aliphatic hydroxyl groups excluding tert-OH is 2. The molecule has 1 aliphatic rings. The van der Waals surface area contributed by atoms with E-state index >= 15 is 0 Å². The van der Waals surface area contributed by atoms with Crippen LogP contribution < -0.4 is 0 Å². The molecule has 0 bridgehead atoms. The smallest absolute Gasteiger partial charge is 0.0558 e. The molecule has 2 N–H and O–H groups in total. The van der Waals surface area contributed by atoms with Crippen molar-refractivity contribution in [3.8, 4) is 0 Å². The van der Waals surface area contributed by atoms with Crippen LogP contribution in [-0.4, -0.2) is 66.5 Å². The van der Waals surface area contributed by atoms with Gasteiger partial charge in [0.05, 0.1) is 6.61 Å². The summed E-state index contributed by atoms with van der Waals surface area (Å²) in [6.07, 6.45) is 0. The monoisotopic (exact) mass is 346 g/mol. The number of aliphatic hydroxyl groups is 2. The van der Waals surface area contributed by atoms with Gasteiger partial charge in [0.25, 0.3) is 0 Å². The van der Waals surface area contributed by atoms with Gasteiger partial charge in [0, 0.05) is 49.4 Å². The third-order valence-corrected chi connectivity index (χ3v) is 4.68. The lowest BCUT2D eigenvalue weighted by Crippen LogP contribution is -2.32. The molecule has 0 aliphatic carbocycles. The van der Waals surface area contributed by atoms with Crippen LogP contribution in [0.1, 0.15) is 5.56 Å². The third kappa shape index (κ3) is 5.08. The van der Waals surface area contributed by atoms with Crippen LogP contribution in [0.4, 0.5) is 0 Å². The van der Waals surface area contributed by atoms with Gasteiger partial charge in [0.1, 0.15) is 0 Å². The molecule has 0 saturated carbocycles. The van der Waals surface area contributed by atoms with Crippen LogP contribution >= 0.6 is 23.2 Å². The quantitative estimate of drug-likeness (QED) is 0.792. The molecule has 1 fully saturated rings. The van der Waals surface area contributed by atoms with Gasteiger partial charge in [-0.05, 0) is 42.6 Å². The van der Waals surface area contributed by atoms with Crippen molar-refractivity contribution in [1.82, 2.24) is 9.80 Å². The first-order valence-electron chi connectivity index (χ1n) is 7.59. The van der Waals surface area contributed by atoms with Crippen molar-refractivity contribution < 1.29 is 10.2 Å². The molecule has 0 radical (unpaired) electrons. The van der Waals surface area contributed by atoms with Crippen LogP contribution in [0, 0.1) is 11.8 Å². The standard InChI is InChI=1S/C16H24Cl2N2O2/c1-19(2-3-21)8-13-9-20(10-14(13)11-22)7-12-4-15(17)6-16(18)5-12/h4-6,13-14,21-22H,2-3,7-11H2,1H3/t13-,14-/m1/s1. The maximum atomic E-state index is 9.61. The summed E-state index contributed by atoms with van der Waals surface area (Å²) in [5.41, 5.74) is 1.10. The fourth-order valence-corrected chi connectivity index (χ4v) is 3.77. The molecule has 0 spiro atoms. The number of nitrogens with zero attached hydrogens (tertiary/aromatic N) is 2. The molecule has 1 aromatic carbocycles. The number of hydrogen-bond acceptors (Lipinski definition) is 4. The Morgan fingerprint density at radius 3 is 2.36 bits per heavy atom. The average Bonchev–Trinajstić information content (AvgIpc) is 2.79. The van der Waals surface area contributed by atoms with Gasteiger partial charge >= 0.3 is 0 Å². The zero-order valence-electron chi connectivity index (χ0n) is 12.9. The van der Waals surface area contributed by atoms with E-state index in [1.165, 1.54) is 0 Å². The summed E-state index contributed by atoms with van der Waals surface area (Å²) in [6, 6.07) is 5.61. The van der Waals surface area contributed by atoms with Crippen molar-refractivity contribution in [2.75, 3.05) is 46.4 Å². The van der Waals surface area contributed by atoms with E-state index in [4.69, 9.17) is 28.3 Å². The maximum Gasteiger partial charge on any atom is 0.0558 e. The highest BCUT2D eigenvalue weighted by molar-refractivity contribution is 6.34. The fourth-order valence-electron chi connectivity index (χ4n) is 3.20. The van der Waals surface area contributed by atoms with Crippen LogP contribution in [0.5, 0.6) is 0 Å². The van der Waals surface area contributed by atoms with Crippen LogP contribution in [0.3, 0.4) is 0 Å². The van der Waals surface area contributed by atoms with Crippen molar-refractivity contribution in [3.63, 3.8) is 0 Å². The van der Waals surface area contributed by atoms with E-state index in [2.05, 4.69) is 9.80 Å². The zero-order valence-corrected chi connectivity index (χ0v) is 14.4.